The Labute approximate surface area is 183 Å². The molecule has 0 aliphatic rings. The van der Waals surface area contributed by atoms with Crippen molar-refractivity contribution < 1.29 is 9.84 Å². The van der Waals surface area contributed by atoms with E-state index in [9.17, 15) is 14.7 Å². The predicted octanol–water partition coefficient (Wildman–Crippen LogP) is 3.06. The van der Waals surface area contributed by atoms with Gasteiger partial charge >= 0.3 is 5.69 Å². The molecule has 160 valence electrons. The molecule has 0 bridgehead atoms. The van der Waals surface area contributed by atoms with E-state index in [0.717, 1.165) is 27.6 Å². The maximum Gasteiger partial charge on any atom is 0.335 e. The molecule has 0 saturated heterocycles. The van der Waals surface area contributed by atoms with Crippen molar-refractivity contribution in [2.75, 3.05) is 11.9 Å². The molecule has 0 fully saturated rings. The molecule has 31 heavy (non-hydrogen) atoms. The van der Waals surface area contributed by atoms with Crippen molar-refractivity contribution in [2.24, 2.45) is 4.99 Å². The largest absolute Gasteiger partial charge is 0.494 e. The van der Waals surface area contributed by atoms with Gasteiger partial charge in [-0.15, -0.1) is 0 Å². The van der Waals surface area contributed by atoms with Crippen LogP contribution in [0.3, 0.4) is 0 Å². The zero-order valence-electron chi connectivity index (χ0n) is 17.3. The highest BCUT2D eigenvalue weighted by atomic mass is 32.1. The third-order valence-corrected chi connectivity index (χ3v) is 4.80. The minimum Gasteiger partial charge on any atom is -0.494 e. The molecule has 3 aromatic rings. The van der Waals surface area contributed by atoms with Crippen molar-refractivity contribution in [3.8, 4) is 17.3 Å². The van der Waals surface area contributed by atoms with Gasteiger partial charge in [0.05, 0.1) is 12.3 Å². The number of aryl methyl sites for hydroxylation is 2. The Hall–Kier alpha value is -3.72. The molecule has 0 radical (unpaired) electrons. The third kappa shape index (κ3) is 5.07. The van der Waals surface area contributed by atoms with Crippen LogP contribution in [-0.2, 0) is 0 Å². The first-order chi connectivity index (χ1) is 14.8. The molecule has 3 N–H and O–H groups in total. The lowest BCUT2D eigenvalue weighted by atomic mass is 10.1. The number of aromatic hydroxyl groups is 1. The monoisotopic (exact) mass is 438 g/mol. The number of thiocarbonyl (C=S) groups is 1. The Kier molecular flexibility index (Phi) is 6.66. The lowest BCUT2D eigenvalue weighted by Crippen LogP contribution is -2.31. The summed E-state index contributed by atoms with van der Waals surface area (Å²) in [6.45, 7) is 6.34. The number of anilines is 1. The number of H-pyrrole nitrogens is 1. The molecule has 2 aromatic carbocycles. The molecular formula is C22H22N4O4S. The van der Waals surface area contributed by atoms with Crippen molar-refractivity contribution >= 4 is 29.2 Å². The van der Waals surface area contributed by atoms with E-state index in [-0.39, 0.29) is 10.7 Å². The van der Waals surface area contributed by atoms with Gasteiger partial charge in [-0.05, 0) is 80.5 Å². The Morgan fingerprint density at radius 1 is 1.19 bits per heavy atom. The van der Waals surface area contributed by atoms with Crippen LogP contribution in [-0.4, -0.2) is 32.6 Å². The highest BCUT2D eigenvalue weighted by Gasteiger charge is 2.14. The van der Waals surface area contributed by atoms with Crippen molar-refractivity contribution in [2.45, 2.75) is 20.8 Å². The number of ether oxygens (including phenoxy) is 1. The Morgan fingerprint density at radius 2 is 1.90 bits per heavy atom. The van der Waals surface area contributed by atoms with Gasteiger partial charge in [-0.3, -0.25) is 9.78 Å². The van der Waals surface area contributed by atoms with Crippen molar-refractivity contribution in [3.05, 3.63) is 80.0 Å². The van der Waals surface area contributed by atoms with Gasteiger partial charge in [0.1, 0.15) is 11.3 Å². The average Bonchev–Trinajstić information content (AvgIpc) is 2.72. The molecule has 9 heteroatoms. The van der Waals surface area contributed by atoms with E-state index >= 15 is 0 Å². The smallest absolute Gasteiger partial charge is 0.335 e. The summed E-state index contributed by atoms with van der Waals surface area (Å²) >= 11 is 5.20. The minimum atomic E-state index is -0.778. The second-order valence-electron chi connectivity index (χ2n) is 6.75. The van der Waals surface area contributed by atoms with Gasteiger partial charge in [0.25, 0.3) is 5.56 Å². The second kappa shape index (κ2) is 9.40. The van der Waals surface area contributed by atoms with Gasteiger partial charge in [0.15, 0.2) is 5.11 Å². The van der Waals surface area contributed by atoms with Crippen LogP contribution in [0.25, 0.3) is 5.69 Å². The lowest BCUT2D eigenvalue weighted by Gasteiger charge is -2.11. The third-order valence-electron chi connectivity index (χ3n) is 4.60. The molecule has 0 amide bonds. The fourth-order valence-corrected chi connectivity index (χ4v) is 3.02. The van der Waals surface area contributed by atoms with Gasteiger partial charge in [-0.25, -0.2) is 14.4 Å². The summed E-state index contributed by atoms with van der Waals surface area (Å²) in [5.41, 5.74) is 1.59. The Bertz CT molecular complexity index is 1260. The molecule has 0 spiro atoms. The number of nitrogens with one attached hydrogen (secondary N) is 2. The molecule has 0 aliphatic carbocycles. The van der Waals surface area contributed by atoms with Gasteiger partial charge < -0.3 is 15.2 Å². The van der Waals surface area contributed by atoms with Gasteiger partial charge in [-0.1, -0.05) is 6.07 Å². The Morgan fingerprint density at radius 3 is 2.55 bits per heavy atom. The van der Waals surface area contributed by atoms with Gasteiger partial charge in [0.2, 0.25) is 5.88 Å². The van der Waals surface area contributed by atoms with Crippen LogP contribution in [0.5, 0.6) is 11.6 Å². The predicted molar refractivity (Wildman–Crippen MR) is 125 cm³/mol. The summed E-state index contributed by atoms with van der Waals surface area (Å²) < 4.78 is 6.35. The molecule has 1 heterocycles. The van der Waals surface area contributed by atoms with Gasteiger partial charge in [-0.2, -0.15) is 0 Å². The zero-order valence-corrected chi connectivity index (χ0v) is 18.1. The van der Waals surface area contributed by atoms with Crippen molar-refractivity contribution in [1.29, 1.82) is 0 Å². The lowest BCUT2D eigenvalue weighted by molar-refractivity contribution is 0.340. The highest BCUT2D eigenvalue weighted by Crippen LogP contribution is 2.19. The van der Waals surface area contributed by atoms with E-state index in [4.69, 9.17) is 17.0 Å². The summed E-state index contributed by atoms with van der Waals surface area (Å²) in [7, 11) is 0. The summed E-state index contributed by atoms with van der Waals surface area (Å²) in [5.74, 6) is 0.0726. The van der Waals surface area contributed by atoms with Crippen molar-refractivity contribution in [3.63, 3.8) is 0 Å². The molecule has 1 aromatic heterocycles. The van der Waals surface area contributed by atoms with Crippen LogP contribution < -0.4 is 21.3 Å². The summed E-state index contributed by atoms with van der Waals surface area (Å²) in [4.78, 5) is 30.8. The van der Waals surface area contributed by atoms with Crippen LogP contribution in [0.2, 0.25) is 0 Å². The van der Waals surface area contributed by atoms with E-state index in [2.05, 4.69) is 15.3 Å². The van der Waals surface area contributed by atoms with Crippen LogP contribution in [0.4, 0.5) is 5.69 Å². The fraction of sp³-hybridized carbons (Fsp3) is 0.182. The molecule has 0 unspecified atom stereocenters. The molecule has 8 nitrogen and oxygen atoms in total. The number of aromatic amines is 1. The van der Waals surface area contributed by atoms with E-state index in [1.165, 1.54) is 0 Å². The van der Waals surface area contributed by atoms with Crippen LogP contribution in [0.1, 0.15) is 23.6 Å². The van der Waals surface area contributed by atoms with Gasteiger partial charge in [0, 0.05) is 11.9 Å². The molecule has 3 rings (SSSR count). The maximum atomic E-state index is 12.3. The standard InChI is InChI=1S/C22H22N4O4S/c1-4-30-17-9-7-16(8-10-17)26-20(28)18(19(27)25-22(26)29)12-23-21(31)24-15-6-5-13(2)14(3)11-15/h5-12,28H,4H2,1-3H3,(H,24,31)(H,25,27,29). The van der Waals surface area contributed by atoms with E-state index < -0.39 is 17.1 Å². The Balaban J connectivity index is 1.89. The molecule has 0 saturated carbocycles. The van der Waals surface area contributed by atoms with Crippen molar-refractivity contribution in [1.82, 2.24) is 9.55 Å². The summed E-state index contributed by atoms with van der Waals surface area (Å²) in [5, 5.41) is 13.7. The highest BCUT2D eigenvalue weighted by molar-refractivity contribution is 7.80. The number of hydrogen-bond donors (Lipinski definition) is 3. The quantitative estimate of drug-likeness (QED) is 0.417. The number of aromatic nitrogens is 2. The van der Waals surface area contributed by atoms with E-state index in [0.29, 0.717) is 18.0 Å². The summed E-state index contributed by atoms with van der Waals surface area (Å²) in [6, 6.07) is 12.2. The summed E-state index contributed by atoms with van der Waals surface area (Å²) in [6.07, 6.45) is 1.12. The SMILES string of the molecule is CCOc1ccc(-n2c(O)c(C=NC(=S)Nc3ccc(C)c(C)c3)c(=O)[nH]c2=O)cc1. The topological polar surface area (TPSA) is 109 Å². The molecular weight excluding hydrogens is 416 g/mol. The number of hydrogen-bond acceptors (Lipinski definition) is 5. The number of aliphatic imine (C=N–C) groups is 1. The number of benzene rings is 2. The van der Waals surface area contributed by atoms with E-state index in [1.54, 1.807) is 24.3 Å². The first-order valence-electron chi connectivity index (χ1n) is 9.54. The minimum absolute atomic E-state index is 0.0980. The molecule has 0 aliphatic heterocycles. The van der Waals surface area contributed by atoms with Crippen LogP contribution in [0, 0.1) is 13.8 Å². The molecule has 0 atom stereocenters. The number of rotatable bonds is 5. The number of nitrogens with zero attached hydrogens (tertiary/aromatic N) is 2. The average molecular weight is 439 g/mol. The first-order valence-corrected chi connectivity index (χ1v) is 9.94. The zero-order chi connectivity index (χ0) is 22.5. The first kappa shape index (κ1) is 22.0. The fourth-order valence-electron chi connectivity index (χ4n) is 2.85. The normalized spacial score (nSPS) is 10.9. The maximum absolute atomic E-state index is 12.3. The van der Waals surface area contributed by atoms with E-state index in [1.807, 2.05) is 39.0 Å². The van der Waals surface area contributed by atoms with Crippen LogP contribution in [0.15, 0.2) is 57.0 Å². The van der Waals surface area contributed by atoms with Crippen LogP contribution >= 0.6 is 12.2 Å². The second-order valence-corrected chi connectivity index (χ2v) is 7.13.